The summed E-state index contributed by atoms with van der Waals surface area (Å²) >= 11 is 7.88. The van der Waals surface area contributed by atoms with Gasteiger partial charge in [-0.25, -0.2) is 0 Å². The maximum atomic E-state index is 12.8. The van der Waals surface area contributed by atoms with Crippen LogP contribution >= 0.6 is 23.4 Å². The number of benzene rings is 2. The number of nitrogens with one attached hydrogen (secondary N) is 1. The Morgan fingerprint density at radius 3 is 2.66 bits per heavy atom. The molecule has 0 unspecified atom stereocenters. The fourth-order valence-electron chi connectivity index (χ4n) is 3.89. The average Bonchev–Trinajstić information content (AvgIpc) is 2.73. The molecule has 29 heavy (non-hydrogen) atoms. The van der Waals surface area contributed by atoms with Crippen molar-refractivity contribution in [1.29, 1.82) is 5.26 Å². The van der Waals surface area contributed by atoms with Gasteiger partial charge in [-0.15, -0.1) is 11.8 Å². The number of nitriles is 1. The molecule has 2 aromatic carbocycles. The number of ketones is 1. The summed E-state index contributed by atoms with van der Waals surface area (Å²) in [6.07, 6.45) is 2.22. The first-order valence-electron chi connectivity index (χ1n) is 9.68. The number of aryl methyl sites for hydroxylation is 1. The highest BCUT2D eigenvalue weighted by Gasteiger charge is 2.36. The van der Waals surface area contributed by atoms with E-state index in [2.05, 4.69) is 11.4 Å². The molecule has 2 aliphatic rings. The molecule has 0 fully saturated rings. The number of dihydropyridines is 1. The Balaban J connectivity index is 1.75. The van der Waals surface area contributed by atoms with Crippen LogP contribution in [0.3, 0.4) is 0 Å². The van der Waals surface area contributed by atoms with E-state index in [9.17, 15) is 10.1 Å². The number of allylic oxidation sites excluding steroid dienone is 3. The quantitative estimate of drug-likeness (QED) is 0.657. The molecule has 1 N–H and O–H groups in total. The van der Waals surface area contributed by atoms with E-state index < -0.39 is 0 Å². The number of carbonyl (C=O) groups excluding carboxylic acids is 1. The van der Waals surface area contributed by atoms with Gasteiger partial charge in [-0.1, -0.05) is 59.6 Å². The summed E-state index contributed by atoms with van der Waals surface area (Å²) in [6, 6.07) is 18.3. The second-order valence-electron chi connectivity index (χ2n) is 7.37. The minimum Gasteiger partial charge on any atom is -0.352 e. The van der Waals surface area contributed by atoms with Gasteiger partial charge in [0.25, 0.3) is 0 Å². The van der Waals surface area contributed by atoms with Crippen molar-refractivity contribution in [2.45, 2.75) is 37.9 Å². The van der Waals surface area contributed by atoms with Crippen LogP contribution in [-0.4, -0.2) is 5.78 Å². The first-order chi connectivity index (χ1) is 14.1. The highest BCUT2D eigenvalue weighted by Crippen LogP contribution is 2.44. The van der Waals surface area contributed by atoms with E-state index in [1.165, 1.54) is 0 Å². The molecule has 4 rings (SSSR count). The molecule has 0 radical (unpaired) electrons. The molecule has 5 heteroatoms. The standard InChI is InChI=1S/C24H21ClN2OS/c1-15-9-11-16(12-10-15)22-18(13-26)24(27-20-7-4-8-21(28)23(20)22)29-14-17-5-2-3-6-19(17)25/h2-3,5-6,9-12,22,27H,4,7-8,14H2,1H3/t22-/m1/s1. The van der Waals surface area contributed by atoms with Crippen molar-refractivity contribution in [1.82, 2.24) is 5.32 Å². The van der Waals surface area contributed by atoms with Crippen LogP contribution in [0.1, 0.15) is 41.9 Å². The number of thioether (sulfide) groups is 1. The smallest absolute Gasteiger partial charge is 0.161 e. The van der Waals surface area contributed by atoms with Gasteiger partial charge in [0.2, 0.25) is 0 Å². The zero-order valence-corrected chi connectivity index (χ0v) is 17.7. The predicted octanol–water partition coefficient (Wildman–Crippen LogP) is 6.01. The summed E-state index contributed by atoms with van der Waals surface area (Å²) in [5.41, 5.74) is 5.51. The van der Waals surface area contributed by atoms with Gasteiger partial charge in [0.05, 0.1) is 22.6 Å². The summed E-state index contributed by atoms with van der Waals surface area (Å²) < 4.78 is 0. The van der Waals surface area contributed by atoms with E-state index >= 15 is 0 Å². The minimum absolute atomic E-state index is 0.146. The molecule has 3 nitrogen and oxygen atoms in total. The van der Waals surface area contributed by atoms with Crippen LogP contribution in [0.2, 0.25) is 5.02 Å². The van der Waals surface area contributed by atoms with Crippen molar-refractivity contribution in [2.75, 3.05) is 0 Å². The summed E-state index contributed by atoms with van der Waals surface area (Å²) in [6.45, 7) is 2.04. The zero-order valence-electron chi connectivity index (χ0n) is 16.2. The van der Waals surface area contributed by atoms with Crippen LogP contribution in [-0.2, 0) is 10.5 Å². The van der Waals surface area contributed by atoms with Gasteiger partial charge in [0.15, 0.2) is 5.78 Å². The Labute approximate surface area is 180 Å². The third kappa shape index (κ3) is 3.99. The summed E-state index contributed by atoms with van der Waals surface area (Å²) in [4.78, 5) is 12.8. The highest BCUT2D eigenvalue weighted by molar-refractivity contribution is 8.02. The predicted molar refractivity (Wildman–Crippen MR) is 118 cm³/mol. The maximum absolute atomic E-state index is 12.8. The highest BCUT2D eigenvalue weighted by atomic mass is 35.5. The molecule has 1 heterocycles. The molecule has 146 valence electrons. The SMILES string of the molecule is Cc1ccc([C@@H]2C(C#N)=C(SCc3ccccc3Cl)NC3=C2C(=O)CCC3)cc1. The number of rotatable bonds is 4. The average molecular weight is 421 g/mol. The molecule has 0 saturated heterocycles. The van der Waals surface area contributed by atoms with E-state index in [-0.39, 0.29) is 11.7 Å². The molecule has 0 saturated carbocycles. The van der Waals surface area contributed by atoms with Crippen molar-refractivity contribution in [3.8, 4) is 6.07 Å². The van der Waals surface area contributed by atoms with Crippen LogP contribution in [0.25, 0.3) is 0 Å². The third-order valence-electron chi connectivity index (χ3n) is 5.40. The lowest BCUT2D eigenvalue weighted by Crippen LogP contribution is -2.31. The van der Waals surface area contributed by atoms with E-state index in [4.69, 9.17) is 11.6 Å². The normalized spacial score (nSPS) is 18.9. The van der Waals surface area contributed by atoms with E-state index in [0.717, 1.165) is 50.9 Å². The lowest BCUT2D eigenvalue weighted by atomic mass is 9.77. The van der Waals surface area contributed by atoms with E-state index in [1.807, 2.05) is 55.5 Å². The minimum atomic E-state index is -0.307. The lowest BCUT2D eigenvalue weighted by Gasteiger charge is -2.33. The van der Waals surface area contributed by atoms with Crippen LogP contribution < -0.4 is 5.32 Å². The monoisotopic (exact) mass is 420 g/mol. The Bertz CT molecular complexity index is 1060. The summed E-state index contributed by atoms with van der Waals surface area (Å²) in [5.74, 6) is 0.496. The number of Topliss-reactive ketones (excluding diaryl/α,β-unsaturated/α-hetero) is 1. The fraction of sp³-hybridized carbons (Fsp3) is 0.250. The first kappa shape index (κ1) is 19.8. The van der Waals surface area contributed by atoms with E-state index in [0.29, 0.717) is 17.7 Å². The van der Waals surface area contributed by atoms with Crippen LogP contribution in [0.15, 0.2) is 70.4 Å². The maximum Gasteiger partial charge on any atom is 0.161 e. The molecule has 0 spiro atoms. The van der Waals surface area contributed by atoms with Gasteiger partial charge in [-0.05, 0) is 37.0 Å². The molecular weight excluding hydrogens is 400 g/mol. The van der Waals surface area contributed by atoms with Crippen LogP contribution in [0.5, 0.6) is 0 Å². The first-order valence-corrected chi connectivity index (χ1v) is 11.0. The van der Waals surface area contributed by atoms with Gasteiger partial charge >= 0.3 is 0 Å². The number of hydrogen-bond acceptors (Lipinski definition) is 4. The van der Waals surface area contributed by atoms with Crippen LogP contribution in [0, 0.1) is 18.3 Å². The zero-order chi connectivity index (χ0) is 20.4. The molecule has 2 aromatic rings. The van der Waals surface area contributed by atoms with Crippen molar-refractivity contribution < 1.29 is 4.79 Å². The van der Waals surface area contributed by atoms with Gasteiger partial charge in [0, 0.05) is 28.5 Å². The Kier molecular flexibility index (Phi) is 5.80. The van der Waals surface area contributed by atoms with Crippen LogP contribution in [0.4, 0.5) is 0 Å². The van der Waals surface area contributed by atoms with Crippen molar-refractivity contribution in [3.63, 3.8) is 0 Å². The van der Waals surface area contributed by atoms with Gasteiger partial charge in [-0.2, -0.15) is 5.26 Å². The lowest BCUT2D eigenvalue weighted by molar-refractivity contribution is -0.116. The van der Waals surface area contributed by atoms with Crippen molar-refractivity contribution in [3.05, 3.63) is 92.1 Å². The van der Waals surface area contributed by atoms with Crippen molar-refractivity contribution in [2.24, 2.45) is 0 Å². The molecule has 0 bridgehead atoms. The number of hydrogen-bond donors (Lipinski definition) is 1. The summed E-state index contributed by atoms with van der Waals surface area (Å²) in [5, 5.41) is 15.0. The molecule has 1 aliphatic heterocycles. The molecule has 1 aliphatic carbocycles. The van der Waals surface area contributed by atoms with Gasteiger partial charge in [0.1, 0.15) is 0 Å². The van der Waals surface area contributed by atoms with Gasteiger partial charge < -0.3 is 5.32 Å². The summed E-state index contributed by atoms with van der Waals surface area (Å²) in [7, 11) is 0. The Hall–Kier alpha value is -2.48. The molecule has 1 atom stereocenters. The largest absolute Gasteiger partial charge is 0.352 e. The number of carbonyl (C=O) groups is 1. The second kappa shape index (κ2) is 8.49. The Morgan fingerprint density at radius 2 is 1.93 bits per heavy atom. The molecular formula is C24H21ClN2OS. The van der Waals surface area contributed by atoms with Crippen molar-refractivity contribution >= 4 is 29.1 Å². The second-order valence-corrected chi connectivity index (χ2v) is 8.77. The van der Waals surface area contributed by atoms with Gasteiger partial charge in [-0.3, -0.25) is 4.79 Å². The number of nitrogens with zero attached hydrogens (tertiary/aromatic N) is 1. The number of halogens is 1. The third-order valence-corrected chi connectivity index (χ3v) is 6.84. The fourth-order valence-corrected chi connectivity index (χ4v) is 5.24. The van der Waals surface area contributed by atoms with E-state index in [1.54, 1.807) is 11.8 Å². The molecule has 0 amide bonds. The Morgan fingerprint density at radius 1 is 1.17 bits per heavy atom. The molecule has 0 aromatic heterocycles. The topological polar surface area (TPSA) is 52.9 Å².